The molecule has 2 N–H and O–H groups in total. The van der Waals surface area contributed by atoms with E-state index < -0.39 is 0 Å². The molecular weight excluding hydrogens is 142 g/mol. The second-order valence-electron chi connectivity index (χ2n) is 2.88. The quantitative estimate of drug-likeness (QED) is 0.341. The van der Waals surface area contributed by atoms with Crippen molar-refractivity contribution in [1.82, 2.24) is 5.48 Å². The third-order valence-corrected chi connectivity index (χ3v) is 2.18. The zero-order valence-corrected chi connectivity index (χ0v) is 6.68. The van der Waals surface area contributed by atoms with E-state index in [0.717, 1.165) is 12.8 Å². The summed E-state index contributed by atoms with van der Waals surface area (Å²) in [6, 6.07) is 0. The number of carbonyl (C=O) groups is 1. The van der Waals surface area contributed by atoms with Gasteiger partial charge in [-0.05, 0) is 32.6 Å². The van der Waals surface area contributed by atoms with E-state index in [4.69, 9.17) is 5.21 Å². The van der Waals surface area contributed by atoms with E-state index in [2.05, 4.69) is 0 Å². The molecular formula is C8H13NO2. The second kappa shape index (κ2) is 3.53. The van der Waals surface area contributed by atoms with Crippen LogP contribution in [0.3, 0.4) is 0 Å². The van der Waals surface area contributed by atoms with Crippen molar-refractivity contribution in [2.24, 2.45) is 0 Å². The van der Waals surface area contributed by atoms with E-state index in [1.165, 1.54) is 18.4 Å². The molecule has 0 unspecified atom stereocenters. The molecule has 1 fully saturated rings. The number of amides is 1. The lowest BCUT2D eigenvalue weighted by Gasteiger charge is -2.02. The van der Waals surface area contributed by atoms with Crippen LogP contribution in [0.2, 0.25) is 0 Å². The molecule has 0 aromatic carbocycles. The Hall–Kier alpha value is -0.830. The van der Waals surface area contributed by atoms with Crippen LogP contribution in [0.15, 0.2) is 11.1 Å². The maximum atomic E-state index is 10.9. The number of carbonyl (C=O) groups excluding carboxylic acids is 1. The Morgan fingerprint density at radius 3 is 2.45 bits per heavy atom. The highest BCUT2D eigenvalue weighted by atomic mass is 16.5. The third kappa shape index (κ3) is 1.80. The number of allylic oxidation sites excluding steroid dienone is 1. The van der Waals surface area contributed by atoms with E-state index in [1.54, 1.807) is 12.4 Å². The molecule has 3 heteroatoms. The molecule has 0 bridgehead atoms. The van der Waals surface area contributed by atoms with Crippen LogP contribution < -0.4 is 5.48 Å². The predicted octanol–water partition coefficient (Wildman–Crippen LogP) is 1.38. The first kappa shape index (κ1) is 8.27. The van der Waals surface area contributed by atoms with Crippen LogP contribution in [0.5, 0.6) is 0 Å². The molecule has 0 aromatic rings. The summed E-state index contributed by atoms with van der Waals surface area (Å²) in [4.78, 5) is 10.9. The van der Waals surface area contributed by atoms with Crippen molar-refractivity contribution in [2.45, 2.75) is 32.6 Å². The van der Waals surface area contributed by atoms with Crippen LogP contribution >= 0.6 is 0 Å². The van der Waals surface area contributed by atoms with Gasteiger partial charge >= 0.3 is 0 Å². The summed E-state index contributed by atoms with van der Waals surface area (Å²) in [7, 11) is 0. The lowest BCUT2D eigenvalue weighted by molar-refractivity contribution is -0.125. The van der Waals surface area contributed by atoms with Crippen LogP contribution in [0.1, 0.15) is 32.6 Å². The molecule has 3 nitrogen and oxygen atoms in total. The number of hydrogen-bond donors (Lipinski definition) is 2. The Kier molecular flexibility index (Phi) is 2.65. The minimum atomic E-state index is -0.359. The molecule has 62 valence electrons. The van der Waals surface area contributed by atoms with E-state index in [0.29, 0.717) is 5.57 Å². The van der Waals surface area contributed by atoms with Crippen LogP contribution in [0.25, 0.3) is 0 Å². The molecule has 1 amide bonds. The molecule has 1 aliphatic carbocycles. The van der Waals surface area contributed by atoms with Crippen molar-refractivity contribution in [1.29, 1.82) is 0 Å². The van der Waals surface area contributed by atoms with Crippen molar-refractivity contribution in [3.05, 3.63) is 11.1 Å². The Morgan fingerprint density at radius 2 is 2.00 bits per heavy atom. The average Bonchev–Trinajstić information content (AvgIpc) is 2.53. The lowest BCUT2D eigenvalue weighted by atomic mass is 10.1. The van der Waals surface area contributed by atoms with Gasteiger partial charge in [0, 0.05) is 5.57 Å². The summed E-state index contributed by atoms with van der Waals surface area (Å²) in [5.74, 6) is -0.359. The van der Waals surface area contributed by atoms with Crippen molar-refractivity contribution in [3.63, 3.8) is 0 Å². The number of hydrogen-bond acceptors (Lipinski definition) is 2. The van der Waals surface area contributed by atoms with E-state index >= 15 is 0 Å². The van der Waals surface area contributed by atoms with Gasteiger partial charge in [0.15, 0.2) is 0 Å². The molecule has 0 spiro atoms. The van der Waals surface area contributed by atoms with Gasteiger partial charge in [0.05, 0.1) is 0 Å². The zero-order chi connectivity index (χ0) is 8.27. The molecule has 0 aliphatic heterocycles. The van der Waals surface area contributed by atoms with Crippen molar-refractivity contribution < 1.29 is 10.0 Å². The second-order valence-corrected chi connectivity index (χ2v) is 2.88. The first-order valence-electron chi connectivity index (χ1n) is 3.88. The van der Waals surface area contributed by atoms with Crippen LogP contribution in [-0.4, -0.2) is 11.1 Å². The Morgan fingerprint density at radius 1 is 1.45 bits per heavy atom. The minimum Gasteiger partial charge on any atom is -0.288 e. The minimum absolute atomic E-state index is 0.359. The predicted molar refractivity (Wildman–Crippen MR) is 41.1 cm³/mol. The standard InChI is InChI=1S/C8H13NO2/c1-6(8(10)9-11)7-4-2-3-5-7/h11H,2-5H2,1H3,(H,9,10). The Bertz CT molecular complexity index is 188. The van der Waals surface area contributed by atoms with Crippen LogP contribution in [-0.2, 0) is 4.79 Å². The number of rotatable bonds is 1. The van der Waals surface area contributed by atoms with Crippen LogP contribution in [0, 0.1) is 0 Å². The molecule has 0 heterocycles. The van der Waals surface area contributed by atoms with E-state index in [1.807, 2.05) is 0 Å². The summed E-state index contributed by atoms with van der Waals surface area (Å²) >= 11 is 0. The van der Waals surface area contributed by atoms with Crippen molar-refractivity contribution in [2.75, 3.05) is 0 Å². The maximum Gasteiger partial charge on any atom is 0.270 e. The smallest absolute Gasteiger partial charge is 0.270 e. The summed E-state index contributed by atoms with van der Waals surface area (Å²) in [6.07, 6.45) is 4.37. The van der Waals surface area contributed by atoms with Crippen LogP contribution in [0.4, 0.5) is 0 Å². The average molecular weight is 155 g/mol. The monoisotopic (exact) mass is 155 g/mol. The highest BCUT2D eigenvalue weighted by Gasteiger charge is 2.13. The molecule has 1 saturated carbocycles. The van der Waals surface area contributed by atoms with Gasteiger partial charge in [0.25, 0.3) is 5.91 Å². The van der Waals surface area contributed by atoms with Gasteiger partial charge in [-0.25, -0.2) is 5.48 Å². The molecule has 11 heavy (non-hydrogen) atoms. The third-order valence-electron chi connectivity index (χ3n) is 2.18. The highest BCUT2D eigenvalue weighted by molar-refractivity contribution is 5.92. The Balaban J connectivity index is 2.69. The van der Waals surface area contributed by atoms with Crippen molar-refractivity contribution >= 4 is 5.91 Å². The largest absolute Gasteiger partial charge is 0.288 e. The van der Waals surface area contributed by atoms with Gasteiger partial charge in [-0.3, -0.25) is 10.0 Å². The van der Waals surface area contributed by atoms with Gasteiger partial charge in [-0.1, -0.05) is 5.57 Å². The summed E-state index contributed by atoms with van der Waals surface area (Å²) in [6.45, 7) is 1.76. The topological polar surface area (TPSA) is 49.3 Å². The van der Waals surface area contributed by atoms with Gasteiger partial charge in [-0.2, -0.15) is 0 Å². The number of nitrogens with one attached hydrogen (secondary N) is 1. The molecule has 1 aliphatic rings. The van der Waals surface area contributed by atoms with Crippen molar-refractivity contribution in [3.8, 4) is 0 Å². The number of hydroxylamine groups is 1. The normalized spacial score (nSPS) is 16.7. The van der Waals surface area contributed by atoms with E-state index in [9.17, 15) is 4.79 Å². The Labute approximate surface area is 66.1 Å². The SMILES string of the molecule is CC(C(=O)NO)=C1CCCC1. The first-order chi connectivity index (χ1) is 5.25. The van der Waals surface area contributed by atoms with E-state index in [-0.39, 0.29) is 5.91 Å². The van der Waals surface area contributed by atoms with Gasteiger partial charge in [0.1, 0.15) is 0 Å². The summed E-state index contributed by atoms with van der Waals surface area (Å²) < 4.78 is 0. The molecule has 0 aromatic heterocycles. The first-order valence-corrected chi connectivity index (χ1v) is 3.88. The maximum absolute atomic E-state index is 10.9. The fourth-order valence-electron chi connectivity index (χ4n) is 1.42. The zero-order valence-electron chi connectivity index (χ0n) is 6.68. The molecule has 1 rings (SSSR count). The van der Waals surface area contributed by atoms with Gasteiger partial charge < -0.3 is 0 Å². The summed E-state index contributed by atoms with van der Waals surface area (Å²) in [5.41, 5.74) is 3.52. The molecule has 0 atom stereocenters. The molecule has 0 radical (unpaired) electrons. The van der Waals surface area contributed by atoms with Gasteiger partial charge in [-0.15, -0.1) is 0 Å². The lowest BCUT2D eigenvalue weighted by Crippen LogP contribution is -2.20. The highest BCUT2D eigenvalue weighted by Crippen LogP contribution is 2.26. The summed E-state index contributed by atoms with van der Waals surface area (Å²) in [5, 5.41) is 8.33. The fraction of sp³-hybridized carbons (Fsp3) is 0.625. The van der Waals surface area contributed by atoms with Gasteiger partial charge in [0.2, 0.25) is 0 Å². The fourth-order valence-corrected chi connectivity index (χ4v) is 1.42. The molecule has 0 saturated heterocycles.